The second-order valence-electron chi connectivity index (χ2n) is 6.06. The van der Waals surface area contributed by atoms with Gasteiger partial charge in [0.05, 0.1) is 12.3 Å². The highest BCUT2D eigenvalue weighted by molar-refractivity contribution is 5.98. The van der Waals surface area contributed by atoms with Gasteiger partial charge < -0.3 is 9.32 Å². The molecule has 0 aliphatic carbocycles. The lowest BCUT2D eigenvalue weighted by atomic mass is 10.0. The van der Waals surface area contributed by atoms with Crippen molar-refractivity contribution in [1.82, 2.24) is 14.7 Å². The van der Waals surface area contributed by atoms with Crippen molar-refractivity contribution in [2.75, 3.05) is 13.1 Å². The summed E-state index contributed by atoms with van der Waals surface area (Å²) in [4.78, 5) is 14.8. The molecule has 5 nitrogen and oxygen atoms in total. The Morgan fingerprint density at radius 3 is 2.83 bits per heavy atom. The number of hydrogen-bond donors (Lipinski definition) is 0. The van der Waals surface area contributed by atoms with E-state index in [2.05, 4.69) is 5.10 Å². The fourth-order valence-corrected chi connectivity index (χ4v) is 3.32. The van der Waals surface area contributed by atoms with Crippen LogP contribution in [0, 0.1) is 0 Å². The van der Waals surface area contributed by atoms with E-state index in [9.17, 15) is 4.79 Å². The van der Waals surface area contributed by atoms with E-state index in [4.69, 9.17) is 4.42 Å². The van der Waals surface area contributed by atoms with Gasteiger partial charge in [0.15, 0.2) is 5.76 Å². The van der Waals surface area contributed by atoms with Crippen LogP contribution in [0.2, 0.25) is 0 Å². The molecule has 1 fully saturated rings. The second kappa shape index (κ2) is 6.35. The minimum Gasteiger partial charge on any atom is -0.459 e. The topological polar surface area (TPSA) is 51.3 Å². The zero-order valence-electron chi connectivity index (χ0n) is 13.3. The van der Waals surface area contributed by atoms with Crippen molar-refractivity contribution in [2.45, 2.75) is 18.9 Å². The van der Waals surface area contributed by atoms with Crippen molar-refractivity contribution in [3.8, 4) is 11.1 Å². The molecule has 4 rings (SSSR count). The number of nitrogens with zero attached hydrogens (tertiary/aromatic N) is 3. The van der Waals surface area contributed by atoms with E-state index in [1.54, 1.807) is 12.5 Å². The molecule has 0 unspecified atom stereocenters. The lowest BCUT2D eigenvalue weighted by Crippen LogP contribution is -2.40. The summed E-state index contributed by atoms with van der Waals surface area (Å²) in [6, 6.07) is 13.9. The zero-order chi connectivity index (χ0) is 16.4. The van der Waals surface area contributed by atoms with Gasteiger partial charge in [0, 0.05) is 31.0 Å². The van der Waals surface area contributed by atoms with Crippen molar-refractivity contribution in [3.05, 3.63) is 66.9 Å². The summed E-state index contributed by atoms with van der Waals surface area (Å²) in [6.07, 6.45) is 7.33. The fourth-order valence-electron chi connectivity index (χ4n) is 3.32. The van der Waals surface area contributed by atoms with Crippen LogP contribution in [-0.2, 0) is 0 Å². The molecule has 24 heavy (non-hydrogen) atoms. The Labute approximate surface area is 140 Å². The van der Waals surface area contributed by atoms with Gasteiger partial charge in [-0.25, -0.2) is 0 Å². The van der Waals surface area contributed by atoms with E-state index in [1.807, 2.05) is 58.2 Å². The lowest BCUT2D eigenvalue weighted by molar-refractivity contribution is 0.0642. The van der Waals surface area contributed by atoms with Gasteiger partial charge in [-0.15, -0.1) is 0 Å². The van der Waals surface area contributed by atoms with E-state index < -0.39 is 0 Å². The predicted molar refractivity (Wildman–Crippen MR) is 90.5 cm³/mol. The molecule has 122 valence electrons. The first-order valence-electron chi connectivity index (χ1n) is 8.24. The van der Waals surface area contributed by atoms with Crippen molar-refractivity contribution >= 4 is 5.91 Å². The maximum absolute atomic E-state index is 13.0. The molecule has 1 aromatic carbocycles. The normalized spacial score (nSPS) is 17.8. The van der Waals surface area contributed by atoms with E-state index >= 15 is 0 Å². The largest absolute Gasteiger partial charge is 0.459 e. The Morgan fingerprint density at radius 1 is 1.17 bits per heavy atom. The number of aromatic nitrogens is 2. The molecule has 0 N–H and O–H groups in total. The third-order valence-electron chi connectivity index (χ3n) is 4.53. The molecule has 1 atom stereocenters. The quantitative estimate of drug-likeness (QED) is 0.740. The molecule has 1 amide bonds. The number of hydrogen-bond acceptors (Lipinski definition) is 3. The standard InChI is InChI=1S/C19H19N3O2/c23-19(18-17(9-13-24-18)15-6-2-1-3-7-15)21-11-4-8-16(14-21)22-12-5-10-20-22/h1-3,5-7,9-10,12-13,16H,4,8,11,14H2/t16-/m1/s1. The molecule has 0 bridgehead atoms. The molecule has 0 saturated carbocycles. The zero-order valence-corrected chi connectivity index (χ0v) is 13.3. The summed E-state index contributed by atoms with van der Waals surface area (Å²) in [5.74, 6) is 0.373. The number of furan rings is 1. The molecule has 3 heterocycles. The van der Waals surface area contributed by atoms with Gasteiger partial charge in [-0.1, -0.05) is 30.3 Å². The SMILES string of the molecule is O=C(c1occc1-c1ccccc1)N1CCC[C@@H](n2cccn2)C1. The Kier molecular flexibility index (Phi) is 3.91. The number of rotatable bonds is 3. The summed E-state index contributed by atoms with van der Waals surface area (Å²) in [5, 5.41) is 4.32. The molecular formula is C19H19N3O2. The number of piperidine rings is 1. The van der Waals surface area contributed by atoms with Gasteiger partial charge in [-0.05, 0) is 30.5 Å². The first-order chi connectivity index (χ1) is 11.8. The number of benzene rings is 1. The Hall–Kier alpha value is -2.82. The summed E-state index contributed by atoms with van der Waals surface area (Å²) >= 11 is 0. The maximum Gasteiger partial charge on any atom is 0.290 e. The molecule has 3 aromatic rings. The number of amides is 1. The third kappa shape index (κ3) is 2.73. The van der Waals surface area contributed by atoms with Crippen molar-refractivity contribution in [2.24, 2.45) is 0 Å². The van der Waals surface area contributed by atoms with E-state index in [0.29, 0.717) is 12.3 Å². The van der Waals surface area contributed by atoms with Crippen LogP contribution in [0.15, 0.2) is 65.5 Å². The minimum absolute atomic E-state index is 0.0456. The van der Waals surface area contributed by atoms with E-state index in [0.717, 1.165) is 30.5 Å². The van der Waals surface area contributed by atoms with Crippen molar-refractivity contribution in [1.29, 1.82) is 0 Å². The summed E-state index contributed by atoms with van der Waals surface area (Å²) in [7, 11) is 0. The first kappa shape index (κ1) is 14.8. The number of carbonyl (C=O) groups is 1. The maximum atomic E-state index is 13.0. The van der Waals surface area contributed by atoms with Gasteiger partial charge in [-0.2, -0.15) is 5.10 Å². The molecule has 1 aliphatic rings. The highest BCUT2D eigenvalue weighted by Crippen LogP contribution is 2.28. The molecule has 2 aromatic heterocycles. The van der Waals surface area contributed by atoms with Gasteiger partial charge in [-0.3, -0.25) is 9.48 Å². The molecule has 1 aliphatic heterocycles. The smallest absolute Gasteiger partial charge is 0.290 e. The highest BCUT2D eigenvalue weighted by Gasteiger charge is 2.28. The van der Waals surface area contributed by atoms with Crippen LogP contribution in [0.3, 0.4) is 0 Å². The van der Waals surface area contributed by atoms with E-state index in [-0.39, 0.29) is 11.9 Å². The first-order valence-corrected chi connectivity index (χ1v) is 8.24. The van der Waals surface area contributed by atoms with Gasteiger partial charge in [0.2, 0.25) is 0 Å². The van der Waals surface area contributed by atoms with Crippen LogP contribution in [-0.4, -0.2) is 33.7 Å². The monoisotopic (exact) mass is 321 g/mol. The Balaban J connectivity index is 1.57. The molecular weight excluding hydrogens is 302 g/mol. The summed E-state index contributed by atoms with van der Waals surface area (Å²) < 4.78 is 7.49. The predicted octanol–water partition coefficient (Wildman–Crippen LogP) is 3.62. The third-order valence-corrected chi connectivity index (χ3v) is 4.53. The van der Waals surface area contributed by atoms with Crippen LogP contribution in [0.5, 0.6) is 0 Å². The van der Waals surface area contributed by atoms with Crippen LogP contribution >= 0.6 is 0 Å². The van der Waals surface area contributed by atoms with Crippen molar-refractivity contribution < 1.29 is 9.21 Å². The number of likely N-dealkylation sites (tertiary alicyclic amines) is 1. The van der Waals surface area contributed by atoms with Crippen LogP contribution in [0.25, 0.3) is 11.1 Å². The Morgan fingerprint density at radius 2 is 2.04 bits per heavy atom. The minimum atomic E-state index is -0.0456. The highest BCUT2D eigenvalue weighted by atomic mass is 16.3. The van der Waals surface area contributed by atoms with Crippen LogP contribution in [0.4, 0.5) is 0 Å². The summed E-state index contributed by atoms with van der Waals surface area (Å²) in [6.45, 7) is 1.42. The van der Waals surface area contributed by atoms with Gasteiger partial charge >= 0.3 is 0 Å². The average Bonchev–Trinajstić information content (AvgIpc) is 3.34. The number of carbonyl (C=O) groups excluding carboxylic acids is 1. The second-order valence-corrected chi connectivity index (χ2v) is 6.06. The molecule has 0 radical (unpaired) electrons. The lowest BCUT2D eigenvalue weighted by Gasteiger charge is -2.32. The van der Waals surface area contributed by atoms with E-state index in [1.165, 1.54) is 0 Å². The van der Waals surface area contributed by atoms with Crippen molar-refractivity contribution in [3.63, 3.8) is 0 Å². The van der Waals surface area contributed by atoms with Crippen LogP contribution in [0.1, 0.15) is 29.4 Å². The summed E-state index contributed by atoms with van der Waals surface area (Å²) in [5.41, 5.74) is 1.84. The molecule has 5 heteroatoms. The van der Waals surface area contributed by atoms with Crippen LogP contribution < -0.4 is 0 Å². The fraction of sp³-hybridized carbons (Fsp3) is 0.263. The van der Waals surface area contributed by atoms with Gasteiger partial charge in [0.25, 0.3) is 5.91 Å². The van der Waals surface area contributed by atoms with Gasteiger partial charge in [0.1, 0.15) is 0 Å². The Bertz CT molecular complexity index is 808. The molecule has 1 saturated heterocycles. The average molecular weight is 321 g/mol. The molecule has 0 spiro atoms.